The van der Waals surface area contributed by atoms with Gasteiger partial charge in [-0.3, -0.25) is 24.0 Å². The number of H-pyrrole nitrogens is 2. The Morgan fingerprint density at radius 2 is 1.65 bits per heavy atom. The van der Waals surface area contributed by atoms with Crippen LogP contribution >= 0.6 is 7.60 Å². The molecule has 1 aliphatic carbocycles. The fourth-order valence-electron chi connectivity index (χ4n) is 15.6. The number of aliphatic hydroxyl groups excluding tert-OH is 1. The van der Waals surface area contributed by atoms with E-state index in [-0.39, 0.29) is 25.6 Å². The summed E-state index contributed by atoms with van der Waals surface area (Å²) in [6.07, 6.45) is 5.20. The molecule has 1 amide bonds. The van der Waals surface area contributed by atoms with Crippen LogP contribution in [-0.2, 0) is 51.6 Å². The summed E-state index contributed by atoms with van der Waals surface area (Å²) in [6.45, 7) is 10.6. The zero-order valence-electron chi connectivity index (χ0n) is 43.8. The number of anilines is 1. The van der Waals surface area contributed by atoms with E-state index in [4.69, 9.17) is 18.5 Å². The molecule has 0 radical (unpaired) electrons. The zero-order chi connectivity index (χ0) is 52.2. The number of piperidine rings is 1. The van der Waals surface area contributed by atoms with Crippen LogP contribution in [0.4, 0.5) is 5.69 Å². The van der Waals surface area contributed by atoms with Crippen LogP contribution in [0.1, 0.15) is 87.9 Å². The highest BCUT2D eigenvalue weighted by Gasteiger charge is 2.79. The average Bonchev–Trinajstić information content (AvgIpc) is 4.20. The van der Waals surface area contributed by atoms with Crippen molar-refractivity contribution in [3.63, 3.8) is 0 Å². The minimum atomic E-state index is -4.14. The molecule has 3 unspecified atom stereocenters. The zero-order valence-corrected chi connectivity index (χ0v) is 44.7. The maximum absolute atomic E-state index is 16.0. The maximum Gasteiger partial charge on any atom is 0.353 e. The van der Waals surface area contributed by atoms with E-state index in [1.54, 1.807) is 21.0 Å². The summed E-state index contributed by atoms with van der Waals surface area (Å²) in [5.74, 6) is -2.37. The molecule has 6 N–H and O–H groups in total. The van der Waals surface area contributed by atoms with E-state index in [0.717, 1.165) is 38.6 Å². The number of nitrogens with one attached hydrogen (secondary N) is 3. The number of aromatic nitrogens is 2. The topological polar surface area (TPSA) is 202 Å². The summed E-state index contributed by atoms with van der Waals surface area (Å²) >= 11 is 0. The molecule has 5 aliphatic heterocycles. The molecule has 1 saturated carbocycles. The fraction of sp³-hybridized carbons (Fsp3) is 0.544. The molecule has 5 aromatic rings. The van der Waals surface area contributed by atoms with Gasteiger partial charge < -0.3 is 54.0 Å². The fourth-order valence-corrected chi connectivity index (χ4v) is 17.4. The lowest BCUT2D eigenvalue weighted by Gasteiger charge is -2.63. The number of likely N-dealkylation sites (N-methyl/N-ethyl adjacent to an activating group) is 1. The lowest BCUT2D eigenvalue weighted by Crippen LogP contribution is -2.82. The third-order valence-electron chi connectivity index (χ3n) is 18.5. The van der Waals surface area contributed by atoms with E-state index in [1.165, 1.54) is 7.11 Å². The minimum absolute atomic E-state index is 0.00526. The highest BCUT2D eigenvalue weighted by atomic mass is 31.2. The van der Waals surface area contributed by atoms with E-state index >= 15 is 14.2 Å². The number of carbonyl (C=O) groups is 2. The molecule has 2 aromatic heterocycles. The third kappa shape index (κ3) is 7.29. The van der Waals surface area contributed by atoms with Gasteiger partial charge in [0.1, 0.15) is 23.1 Å². The Labute approximate surface area is 433 Å². The summed E-state index contributed by atoms with van der Waals surface area (Å²) in [5, 5.41) is 44.5. The van der Waals surface area contributed by atoms with Gasteiger partial charge in [0.05, 0.1) is 39.1 Å². The Morgan fingerprint density at radius 3 is 2.35 bits per heavy atom. The first kappa shape index (κ1) is 51.1. The number of ether oxygens (including phenoxy) is 2. The minimum Gasteiger partial charge on any atom is -0.496 e. The number of aliphatic hydroxyl groups is 3. The number of para-hydroxylation sites is 2. The monoisotopic (exact) mass is 1030 g/mol. The number of aromatic amines is 2. The Hall–Kier alpha value is -5.03. The van der Waals surface area contributed by atoms with Crippen LogP contribution < -0.4 is 15.0 Å². The first-order chi connectivity index (χ1) is 35.5. The normalized spacial score (nSPS) is 32.7. The second-order valence-electron chi connectivity index (χ2n) is 22.1. The molecule has 396 valence electrons. The van der Waals surface area contributed by atoms with Gasteiger partial charge in [-0.05, 0) is 106 Å². The molecular formula is C57H73N6O10P. The number of carbonyl (C=O) groups excluding carboxylic acids is 2. The molecule has 16 nitrogen and oxygen atoms in total. The van der Waals surface area contributed by atoms with Gasteiger partial charge in [-0.2, -0.15) is 0 Å². The predicted octanol–water partition coefficient (Wildman–Crippen LogP) is 6.68. The van der Waals surface area contributed by atoms with Crippen LogP contribution in [0.25, 0.3) is 21.8 Å². The summed E-state index contributed by atoms with van der Waals surface area (Å²) < 4.78 is 39.5. The van der Waals surface area contributed by atoms with Crippen molar-refractivity contribution in [1.82, 2.24) is 25.1 Å². The van der Waals surface area contributed by atoms with Gasteiger partial charge in [0, 0.05) is 102 Å². The number of fused-ring (bicyclic) bond motifs is 7. The maximum atomic E-state index is 16.0. The van der Waals surface area contributed by atoms with Crippen molar-refractivity contribution in [3.05, 3.63) is 107 Å². The molecule has 3 fully saturated rings. The van der Waals surface area contributed by atoms with Crippen molar-refractivity contribution in [2.75, 3.05) is 72.1 Å². The Morgan fingerprint density at radius 1 is 0.905 bits per heavy atom. The molecule has 74 heavy (non-hydrogen) atoms. The van der Waals surface area contributed by atoms with Gasteiger partial charge in [0.2, 0.25) is 0 Å². The molecule has 2 saturated heterocycles. The largest absolute Gasteiger partial charge is 0.496 e. The molecule has 17 heteroatoms. The summed E-state index contributed by atoms with van der Waals surface area (Å²) in [7, 11) is 0.730. The molecule has 3 aromatic carbocycles. The van der Waals surface area contributed by atoms with Crippen LogP contribution in [0, 0.1) is 11.3 Å². The SMILES string of the molecule is CCOP(=O)(OCC)[C@H](Cc1cc2ccccc2[nH]1)NC(=O)[C@]1(O)[C@@H]2N(C)c3cc(OC)c([C@@]4(C(=O)OC)C[C@H]5CN(CCc6c4[nH]c4ccccc64)C[C@](O)(CC)C5)cc3C23CCN2CC=C[C@](CC)(C23)[C@H]1O. The number of amides is 1. The van der Waals surface area contributed by atoms with E-state index < -0.39 is 70.9 Å². The number of nitrogens with zero attached hydrogens (tertiary/aromatic N) is 3. The quantitative estimate of drug-likeness (QED) is 0.0391. The van der Waals surface area contributed by atoms with Gasteiger partial charge in [-0.25, -0.2) is 0 Å². The molecular weight excluding hydrogens is 960 g/mol. The van der Waals surface area contributed by atoms with E-state index in [2.05, 4.69) is 37.2 Å². The Balaban J connectivity index is 1.12. The van der Waals surface area contributed by atoms with Crippen LogP contribution in [0.15, 0.2) is 78.9 Å². The molecule has 1 spiro atoms. The smallest absolute Gasteiger partial charge is 0.353 e. The summed E-state index contributed by atoms with van der Waals surface area (Å²) in [6, 6.07) is 20.3. The van der Waals surface area contributed by atoms with Crippen LogP contribution in [0.2, 0.25) is 0 Å². The van der Waals surface area contributed by atoms with Crippen molar-refractivity contribution < 1.29 is 48.0 Å². The highest BCUT2D eigenvalue weighted by Crippen LogP contribution is 2.68. The van der Waals surface area contributed by atoms with Gasteiger partial charge >= 0.3 is 13.6 Å². The summed E-state index contributed by atoms with van der Waals surface area (Å²) in [4.78, 5) is 45.4. The standard InChI is InChI=1S/C57H73N6O10P/c1-8-53(67)31-35-32-56(52(66)71-7,47-39(21-25-62(33-35)34-53)38-18-13-15-20-43(38)59-47)41-29-40-44(30-45(41)70-6)61(5)49-55(40)23-26-63-24-16-22-54(9-2,48(55)63)50(64)57(49,68)51(65)60-46(74(69,72-10-3)73-11-4)28-37-27-36-17-12-14-19-42(36)58-37/h12-20,22,27,29-30,35,46,48-50,58-59,64,67-68H,8-11,21,23-26,28,31-34H2,1-7H3,(H,60,65)/t35-,46+,48?,49+,50+,53-,54+,55?,56-,57-/m0/s1. The van der Waals surface area contributed by atoms with Crippen molar-refractivity contribution in [2.45, 2.75) is 119 Å². The van der Waals surface area contributed by atoms with Crippen LogP contribution in [0.3, 0.4) is 0 Å². The number of methoxy groups -OCH3 is 2. The Kier molecular flexibility index (Phi) is 12.9. The van der Waals surface area contributed by atoms with Crippen LogP contribution in [0.5, 0.6) is 5.75 Å². The van der Waals surface area contributed by atoms with Crippen molar-refractivity contribution in [3.8, 4) is 5.75 Å². The number of hydrogen-bond acceptors (Lipinski definition) is 13. The number of benzene rings is 3. The lowest BCUT2D eigenvalue weighted by molar-refractivity contribution is -0.203. The van der Waals surface area contributed by atoms with Crippen molar-refractivity contribution in [2.24, 2.45) is 11.3 Å². The number of hydrogen-bond donors (Lipinski definition) is 6. The summed E-state index contributed by atoms with van der Waals surface area (Å²) in [5.41, 5.74) is -0.987. The average molecular weight is 1030 g/mol. The van der Waals surface area contributed by atoms with Gasteiger partial charge in [0.25, 0.3) is 5.91 Å². The molecule has 11 rings (SSSR count). The van der Waals surface area contributed by atoms with Crippen molar-refractivity contribution in [1.29, 1.82) is 0 Å². The second kappa shape index (κ2) is 18.6. The third-order valence-corrected chi connectivity index (χ3v) is 20.8. The lowest BCUT2D eigenvalue weighted by atomic mass is 9.47. The van der Waals surface area contributed by atoms with E-state index in [1.807, 2.05) is 92.5 Å². The Bertz CT molecular complexity index is 3040. The van der Waals surface area contributed by atoms with E-state index in [9.17, 15) is 15.3 Å². The van der Waals surface area contributed by atoms with Gasteiger partial charge in [-0.15, -0.1) is 0 Å². The number of rotatable bonds is 14. The second-order valence-corrected chi connectivity index (χ2v) is 24.3. The van der Waals surface area contributed by atoms with Crippen LogP contribution in [-0.4, -0.2) is 149 Å². The highest BCUT2D eigenvalue weighted by molar-refractivity contribution is 7.54. The molecule has 11 atom stereocenters. The predicted molar refractivity (Wildman–Crippen MR) is 284 cm³/mol. The first-order valence-corrected chi connectivity index (χ1v) is 28.3. The molecule has 7 heterocycles. The van der Waals surface area contributed by atoms with Crippen molar-refractivity contribution >= 4 is 47.0 Å². The molecule has 2 bridgehead atoms. The number of esters is 1. The van der Waals surface area contributed by atoms with Gasteiger partial charge in [-0.1, -0.05) is 62.4 Å². The molecule has 6 aliphatic rings. The van der Waals surface area contributed by atoms with E-state index in [0.29, 0.717) is 93.9 Å². The van der Waals surface area contributed by atoms with Gasteiger partial charge in [0.15, 0.2) is 5.60 Å². The first-order valence-electron chi connectivity index (χ1n) is 26.7.